The van der Waals surface area contributed by atoms with Gasteiger partial charge in [0.15, 0.2) is 0 Å². The Morgan fingerprint density at radius 1 is 0.641 bits per heavy atom. The summed E-state index contributed by atoms with van der Waals surface area (Å²) in [4.78, 5) is 114. The topological polar surface area (TPSA) is 316 Å². The number of thioether (sulfide) groups is 1. The van der Waals surface area contributed by atoms with Crippen molar-refractivity contribution in [3.8, 4) is 5.75 Å². The van der Waals surface area contributed by atoms with E-state index in [2.05, 4.69) is 47.2 Å². The number of nitrogens with one attached hydrogen (secondary N) is 8. The third-order valence-corrected chi connectivity index (χ3v) is 10.6. The van der Waals surface area contributed by atoms with Crippen molar-refractivity contribution in [3.63, 3.8) is 0 Å². The van der Waals surface area contributed by atoms with Gasteiger partial charge in [0, 0.05) is 24.7 Å². The Balaban J connectivity index is 2.39. The van der Waals surface area contributed by atoms with Crippen LogP contribution in [0, 0.1) is 17.8 Å². The molecule has 0 saturated carbocycles. The number of nitrogens with zero attached hydrogens (tertiary/aromatic N) is 1. The van der Waals surface area contributed by atoms with E-state index in [9.17, 15) is 43.5 Å². The highest BCUT2D eigenvalue weighted by molar-refractivity contribution is 7.98. The van der Waals surface area contributed by atoms with Gasteiger partial charge in [-0.15, -0.1) is 0 Å². The van der Waals surface area contributed by atoms with Crippen LogP contribution >= 0.6 is 11.8 Å². The average molecular weight is 917 g/mol. The molecule has 0 radical (unpaired) electrons. The molecule has 0 saturated heterocycles. The molecule has 20 nitrogen and oxygen atoms in total. The first-order valence-corrected chi connectivity index (χ1v) is 22.8. The molecular formula is C43H68N10O10S. The molecule has 1 aromatic carbocycles. The zero-order valence-electron chi connectivity index (χ0n) is 38.2. The highest BCUT2D eigenvalue weighted by atomic mass is 32.2. The first kappa shape index (κ1) is 54.4. The number of benzene rings is 1. The predicted octanol–water partition coefficient (Wildman–Crippen LogP) is 0.247. The number of carbonyl (C=O) groups excluding carboxylic acids is 7. The van der Waals surface area contributed by atoms with Crippen LogP contribution in [0.1, 0.15) is 85.9 Å². The Morgan fingerprint density at radius 2 is 1.16 bits per heavy atom. The molecule has 2 aromatic rings. The minimum absolute atomic E-state index is 0.0188. The number of aromatic nitrogens is 2. The molecule has 0 spiro atoms. The number of nitrogens with two attached hydrogens (primary N) is 1. The van der Waals surface area contributed by atoms with Crippen molar-refractivity contribution in [2.75, 3.05) is 12.0 Å². The predicted molar refractivity (Wildman–Crippen MR) is 241 cm³/mol. The van der Waals surface area contributed by atoms with Gasteiger partial charge in [-0.2, -0.15) is 11.8 Å². The number of hydrogen-bond donors (Lipinski definition) is 11. The summed E-state index contributed by atoms with van der Waals surface area (Å²) in [6.45, 7) is 13.5. The van der Waals surface area contributed by atoms with Crippen LogP contribution in [0.5, 0.6) is 5.75 Å². The van der Waals surface area contributed by atoms with Gasteiger partial charge in [-0.1, -0.05) is 53.7 Å². The number of carboxylic acid groups (broad SMARTS) is 1. The molecule has 356 valence electrons. The average Bonchev–Trinajstić information content (AvgIpc) is 3.73. The Labute approximate surface area is 379 Å². The molecular weight excluding hydrogens is 849 g/mol. The van der Waals surface area contributed by atoms with Gasteiger partial charge in [-0.3, -0.25) is 38.4 Å². The number of hydrogen-bond acceptors (Lipinski definition) is 12. The minimum Gasteiger partial charge on any atom is -0.508 e. The second kappa shape index (κ2) is 26.8. The fourth-order valence-corrected chi connectivity index (χ4v) is 6.85. The minimum atomic E-state index is -1.32. The monoisotopic (exact) mass is 916 g/mol. The molecule has 21 heteroatoms. The summed E-state index contributed by atoms with van der Waals surface area (Å²) < 4.78 is 0. The lowest BCUT2D eigenvalue weighted by Gasteiger charge is -2.29. The number of carbonyl (C=O) groups is 8. The Morgan fingerprint density at radius 3 is 1.70 bits per heavy atom. The number of phenolic OH excluding ortho intramolecular Hbond substituents is 1. The highest BCUT2D eigenvalue weighted by Crippen LogP contribution is 2.14. The molecule has 0 unspecified atom stereocenters. The first-order valence-electron chi connectivity index (χ1n) is 21.4. The molecule has 7 amide bonds. The maximum absolute atomic E-state index is 14.2. The van der Waals surface area contributed by atoms with Gasteiger partial charge in [0.1, 0.15) is 48.0 Å². The van der Waals surface area contributed by atoms with Gasteiger partial charge < -0.3 is 58.1 Å². The van der Waals surface area contributed by atoms with E-state index in [1.54, 1.807) is 26.0 Å². The summed E-state index contributed by atoms with van der Waals surface area (Å²) in [7, 11) is 0. The number of aliphatic carboxylic acids is 1. The Bertz CT molecular complexity index is 1860. The molecule has 1 heterocycles. The standard InChI is InChI=1S/C43H68N10O10S/c1-22(2)16-30(44)37(56)50-34(19-28-20-45-21-46-28)40(59)51-32(17-23(3)4)39(58)49-31(14-15-64-9)38(57)52-33(18-27-10-12-29(54)13-11-27)41(60)53-35(24(5)6)42(61)47-25(7)36(55)48-26(8)43(62)63/h10-13,20-26,30-35,54H,14-19,44H2,1-9H3,(H,45,46)(H,47,61)(H,48,55)(H,49,58)(H,50,56)(H,51,59)(H,52,57)(H,53,60)(H,62,63)/t25-,26-,30-,31-,32-,33-,34-,35-/m0/s1. The van der Waals surface area contributed by atoms with Crippen molar-refractivity contribution in [2.45, 2.75) is 136 Å². The molecule has 1 aromatic heterocycles. The summed E-state index contributed by atoms with van der Waals surface area (Å²) in [6, 6.07) is -3.37. The summed E-state index contributed by atoms with van der Waals surface area (Å²) in [6.07, 6.45) is 5.34. The summed E-state index contributed by atoms with van der Waals surface area (Å²) in [5, 5.41) is 37.5. The fraction of sp³-hybridized carbons (Fsp3) is 0.605. The quantitative estimate of drug-likeness (QED) is 0.0574. The van der Waals surface area contributed by atoms with Crippen molar-refractivity contribution in [1.29, 1.82) is 0 Å². The van der Waals surface area contributed by atoms with Crippen LogP contribution in [0.3, 0.4) is 0 Å². The van der Waals surface area contributed by atoms with Gasteiger partial charge in [0.2, 0.25) is 41.4 Å². The van der Waals surface area contributed by atoms with Crippen molar-refractivity contribution in [2.24, 2.45) is 23.5 Å². The van der Waals surface area contributed by atoms with Crippen molar-refractivity contribution in [3.05, 3.63) is 48.0 Å². The number of aromatic amines is 1. The van der Waals surface area contributed by atoms with Crippen LogP contribution in [0.4, 0.5) is 0 Å². The molecule has 12 N–H and O–H groups in total. The van der Waals surface area contributed by atoms with Crippen molar-refractivity contribution >= 4 is 59.1 Å². The lowest BCUT2D eigenvalue weighted by molar-refractivity contribution is -0.141. The number of rotatable bonds is 27. The van der Waals surface area contributed by atoms with Crippen LogP contribution < -0.4 is 43.0 Å². The fourth-order valence-electron chi connectivity index (χ4n) is 6.38. The van der Waals surface area contributed by atoms with E-state index < -0.39 is 102 Å². The molecule has 0 aliphatic carbocycles. The van der Waals surface area contributed by atoms with E-state index in [1.165, 1.54) is 50.3 Å². The van der Waals surface area contributed by atoms with Crippen LogP contribution in [-0.4, -0.2) is 128 Å². The molecule has 0 aliphatic heterocycles. The van der Waals surface area contributed by atoms with Gasteiger partial charge in [0.25, 0.3) is 0 Å². The van der Waals surface area contributed by atoms with Crippen molar-refractivity contribution in [1.82, 2.24) is 47.2 Å². The smallest absolute Gasteiger partial charge is 0.325 e. The van der Waals surface area contributed by atoms with Gasteiger partial charge in [-0.05, 0) is 80.6 Å². The number of imidazole rings is 1. The maximum atomic E-state index is 14.2. The second-order valence-corrected chi connectivity index (χ2v) is 18.1. The number of H-pyrrole nitrogens is 1. The third-order valence-electron chi connectivity index (χ3n) is 9.99. The van der Waals surface area contributed by atoms with Gasteiger partial charge >= 0.3 is 5.97 Å². The normalized spacial score (nSPS) is 15.1. The Hall–Kier alpha value is -5.70. The zero-order chi connectivity index (χ0) is 48.3. The Kier molecular flexibility index (Phi) is 22.8. The van der Waals surface area contributed by atoms with Crippen LogP contribution in [0.2, 0.25) is 0 Å². The molecule has 0 bridgehead atoms. The van der Waals surface area contributed by atoms with Gasteiger partial charge in [-0.25, -0.2) is 4.98 Å². The number of phenols is 1. The van der Waals surface area contributed by atoms with Crippen molar-refractivity contribution < 1.29 is 48.6 Å². The molecule has 8 atom stereocenters. The molecule has 2 rings (SSSR count). The van der Waals surface area contributed by atoms with E-state index in [4.69, 9.17) is 10.8 Å². The van der Waals surface area contributed by atoms with E-state index in [1.807, 2.05) is 34.0 Å². The summed E-state index contributed by atoms with van der Waals surface area (Å²) in [5.41, 5.74) is 7.21. The SMILES string of the molecule is CSCC[C@H](NC(=O)[C@H](CC(C)C)NC(=O)[C@H](Cc1cnc[nH]1)NC(=O)[C@@H](N)CC(C)C)C(=O)N[C@@H](Cc1ccc(O)cc1)C(=O)N[C@H](C(=O)N[C@@H](C)C(=O)N[C@@H](C)C(=O)O)C(C)C. The lowest BCUT2D eigenvalue weighted by Crippen LogP contribution is -2.61. The first-order chi connectivity index (χ1) is 30.0. The second-order valence-electron chi connectivity index (χ2n) is 17.1. The third kappa shape index (κ3) is 19.0. The molecule has 0 aliphatic rings. The highest BCUT2D eigenvalue weighted by Gasteiger charge is 2.35. The van der Waals surface area contributed by atoms with Gasteiger partial charge in [0.05, 0.1) is 12.4 Å². The van der Waals surface area contributed by atoms with Crippen LogP contribution in [0.15, 0.2) is 36.8 Å². The van der Waals surface area contributed by atoms with Crippen LogP contribution in [-0.2, 0) is 51.2 Å². The number of amides is 7. The van der Waals surface area contributed by atoms with Crippen LogP contribution in [0.25, 0.3) is 0 Å². The van der Waals surface area contributed by atoms with E-state index in [0.717, 1.165) is 0 Å². The zero-order valence-corrected chi connectivity index (χ0v) is 39.0. The summed E-state index contributed by atoms with van der Waals surface area (Å²) in [5.74, 6) is -6.29. The largest absolute Gasteiger partial charge is 0.508 e. The lowest BCUT2D eigenvalue weighted by atomic mass is 10.00. The van der Waals surface area contributed by atoms with E-state index >= 15 is 0 Å². The summed E-state index contributed by atoms with van der Waals surface area (Å²) >= 11 is 1.41. The number of carboxylic acids is 1. The van der Waals surface area contributed by atoms with E-state index in [0.29, 0.717) is 23.4 Å². The molecule has 0 fully saturated rings. The molecule has 64 heavy (non-hydrogen) atoms. The maximum Gasteiger partial charge on any atom is 0.325 e. The number of aromatic hydroxyl groups is 1. The van der Waals surface area contributed by atoms with E-state index in [-0.39, 0.29) is 43.3 Å².